The lowest BCUT2D eigenvalue weighted by Gasteiger charge is -2.17. The van der Waals surface area contributed by atoms with E-state index in [0.717, 1.165) is 5.69 Å². The molecule has 1 aliphatic heterocycles. The van der Waals surface area contributed by atoms with Crippen LogP contribution < -0.4 is 15.0 Å². The Balaban J connectivity index is 1.72. The molecule has 1 unspecified atom stereocenters. The maximum absolute atomic E-state index is 12.5. The Hall–Kier alpha value is -2.63. The number of carbonyl (C=O) groups excluding carboxylic acids is 1. The number of amides is 1. The molecule has 1 saturated heterocycles. The Kier molecular flexibility index (Phi) is 3.91. The topological polar surface area (TPSA) is 67.3 Å². The van der Waals surface area contributed by atoms with Crippen molar-refractivity contribution in [1.29, 1.82) is 0 Å². The number of anilines is 2. The second-order valence-electron chi connectivity index (χ2n) is 5.23. The average Bonchev–Trinajstić information content (AvgIpc) is 2.89. The molecule has 1 aliphatic rings. The number of nitrogens with zero attached hydrogens (tertiary/aromatic N) is 3. The van der Waals surface area contributed by atoms with Gasteiger partial charge in [0, 0.05) is 24.5 Å². The van der Waals surface area contributed by atoms with Crippen molar-refractivity contribution < 1.29 is 9.53 Å². The van der Waals surface area contributed by atoms with Gasteiger partial charge < -0.3 is 15.0 Å². The molecule has 6 heteroatoms. The molecule has 1 N–H and O–H groups in total. The molecule has 1 aromatic heterocycles. The summed E-state index contributed by atoms with van der Waals surface area (Å²) < 4.78 is 5.06. The molecule has 0 aliphatic carbocycles. The van der Waals surface area contributed by atoms with Gasteiger partial charge in [0.1, 0.15) is 6.04 Å². The van der Waals surface area contributed by atoms with Crippen molar-refractivity contribution in [3.05, 3.63) is 42.1 Å². The van der Waals surface area contributed by atoms with Gasteiger partial charge in [-0.25, -0.2) is 4.98 Å². The maximum atomic E-state index is 12.5. The number of hydrogen-bond donors (Lipinski definition) is 1. The average molecular weight is 298 g/mol. The number of methoxy groups -OCH3 is 1. The van der Waals surface area contributed by atoms with Crippen molar-refractivity contribution in [2.45, 2.75) is 19.4 Å². The van der Waals surface area contributed by atoms with E-state index in [0.29, 0.717) is 24.8 Å². The smallest absolute Gasteiger partial charge is 0.249 e. The SMILES string of the molecule is COc1ccnc(NC2CCN(c3ccc(C)cc3)C2=O)n1. The van der Waals surface area contributed by atoms with Crippen LogP contribution in [0.15, 0.2) is 36.5 Å². The van der Waals surface area contributed by atoms with Crippen LogP contribution >= 0.6 is 0 Å². The van der Waals surface area contributed by atoms with Crippen LogP contribution in [-0.2, 0) is 4.79 Å². The van der Waals surface area contributed by atoms with Gasteiger partial charge in [0.25, 0.3) is 0 Å². The molecule has 114 valence electrons. The summed E-state index contributed by atoms with van der Waals surface area (Å²) in [5.41, 5.74) is 2.10. The van der Waals surface area contributed by atoms with Gasteiger partial charge >= 0.3 is 0 Å². The van der Waals surface area contributed by atoms with Crippen LogP contribution in [-0.4, -0.2) is 35.6 Å². The molecule has 3 rings (SSSR count). The second-order valence-corrected chi connectivity index (χ2v) is 5.23. The van der Waals surface area contributed by atoms with Gasteiger partial charge in [-0.15, -0.1) is 0 Å². The first-order chi connectivity index (χ1) is 10.7. The van der Waals surface area contributed by atoms with Crippen molar-refractivity contribution in [1.82, 2.24) is 9.97 Å². The van der Waals surface area contributed by atoms with Crippen LogP contribution in [0.5, 0.6) is 5.88 Å². The summed E-state index contributed by atoms with van der Waals surface area (Å²) in [5, 5.41) is 3.08. The summed E-state index contributed by atoms with van der Waals surface area (Å²) in [6.45, 7) is 2.71. The molecular weight excluding hydrogens is 280 g/mol. The number of nitrogens with one attached hydrogen (secondary N) is 1. The zero-order chi connectivity index (χ0) is 15.5. The molecule has 0 radical (unpaired) electrons. The van der Waals surface area contributed by atoms with Gasteiger partial charge in [0.2, 0.25) is 17.7 Å². The molecular formula is C16H18N4O2. The van der Waals surface area contributed by atoms with Crippen LogP contribution in [0.1, 0.15) is 12.0 Å². The van der Waals surface area contributed by atoms with Gasteiger partial charge in [-0.1, -0.05) is 17.7 Å². The van der Waals surface area contributed by atoms with Gasteiger partial charge in [0.05, 0.1) is 7.11 Å². The summed E-state index contributed by atoms with van der Waals surface area (Å²) in [6, 6.07) is 9.31. The highest BCUT2D eigenvalue weighted by Crippen LogP contribution is 2.23. The molecule has 1 fully saturated rings. The molecule has 0 spiro atoms. The fourth-order valence-corrected chi connectivity index (χ4v) is 2.48. The summed E-state index contributed by atoms with van der Waals surface area (Å²) in [4.78, 5) is 22.6. The third kappa shape index (κ3) is 2.86. The summed E-state index contributed by atoms with van der Waals surface area (Å²) in [7, 11) is 1.55. The first-order valence-corrected chi connectivity index (χ1v) is 7.19. The number of benzene rings is 1. The van der Waals surface area contributed by atoms with Crippen LogP contribution in [0.3, 0.4) is 0 Å². The minimum absolute atomic E-state index is 0.0373. The molecule has 0 saturated carbocycles. The van der Waals surface area contributed by atoms with E-state index < -0.39 is 0 Å². The predicted molar refractivity (Wildman–Crippen MR) is 84.1 cm³/mol. The number of ether oxygens (including phenoxy) is 1. The molecule has 1 atom stereocenters. The number of aromatic nitrogens is 2. The zero-order valence-electron chi connectivity index (χ0n) is 12.6. The lowest BCUT2D eigenvalue weighted by molar-refractivity contribution is -0.117. The van der Waals surface area contributed by atoms with E-state index in [1.54, 1.807) is 24.3 Å². The van der Waals surface area contributed by atoms with E-state index in [-0.39, 0.29) is 11.9 Å². The first kappa shape index (κ1) is 14.3. The molecule has 6 nitrogen and oxygen atoms in total. The second kappa shape index (κ2) is 6.01. The van der Waals surface area contributed by atoms with Gasteiger partial charge in [-0.05, 0) is 25.5 Å². The van der Waals surface area contributed by atoms with Crippen LogP contribution in [0.4, 0.5) is 11.6 Å². The normalized spacial score (nSPS) is 17.6. The van der Waals surface area contributed by atoms with Gasteiger partial charge in [-0.2, -0.15) is 4.98 Å². The molecule has 1 amide bonds. The highest BCUT2D eigenvalue weighted by atomic mass is 16.5. The standard InChI is InChI=1S/C16H18N4O2/c1-11-3-5-12(6-4-11)20-10-8-13(15(20)21)18-16-17-9-7-14(19-16)22-2/h3-7,9,13H,8,10H2,1-2H3,(H,17,18,19). The Labute approximate surface area is 129 Å². The van der Waals surface area contributed by atoms with Gasteiger partial charge in [-0.3, -0.25) is 4.79 Å². The van der Waals surface area contributed by atoms with Crippen molar-refractivity contribution in [3.8, 4) is 5.88 Å². The van der Waals surface area contributed by atoms with Gasteiger partial charge in [0.15, 0.2) is 0 Å². The molecule has 2 heterocycles. The van der Waals surface area contributed by atoms with E-state index in [4.69, 9.17) is 4.74 Å². The van der Waals surface area contributed by atoms with E-state index in [1.807, 2.05) is 31.2 Å². The van der Waals surface area contributed by atoms with E-state index >= 15 is 0 Å². The Morgan fingerprint density at radius 2 is 2.05 bits per heavy atom. The third-order valence-corrected chi connectivity index (χ3v) is 3.69. The minimum atomic E-state index is -0.312. The van der Waals surface area contributed by atoms with Crippen molar-refractivity contribution in [3.63, 3.8) is 0 Å². The summed E-state index contributed by atoms with van der Waals surface area (Å²) in [5.74, 6) is 0.914. The largest absolute Gasteiger partial charge is 0.481 e. The Bertz CT molecular complexity index is 672. The highest BCUT2D eigenvalue weighted by Gasteiger charge is 2.32. The Morgan fingerprint density at radius 3 is 2.77 bits per heavy atom. The van der Waals surface area contributed by atoms with Crippen LogP contribution in [0, 0.1) is 6.92 Å². The first-order valence-electron chi connectivity index (χ1n) is 7.19. The minimum Gasteiger partial charge on any atom is -0.481 e. The van der Waals surface area contributed by atoms with Crippen molar-refractivity contribution in [2.75, 3.05) is 23.9 Å². The maximum Gasteiger partial charge on any atom is 0.249 e. The lowest BCUT2D eigenvalue weighted by Crippen LogP contribution is -2.33. The predicted octanol–water partition coefficient (Wildman–Crippen LogP) is 2.01. The van der Waals surface area contributed by atoms with E-state index in [9.17, 15) is 4.79 Å². The number of carbonyl (C=O) groups is 1. The lowest BCUT2D eigenvalue weighted by atomic mass is 10.2. The Morgan fingerprint density at radius 1 is 1.27 bits per heavy atom. The number of rotatable bonds is 4. The van der Waals surface area contributed by atoms with E-state index in [2.05, 4.69) is 15.3 Å². The number of hydrogen-bond acceptors (Lipinski definition) is 5. The van der Waals surface area contributed by atoms with Crippen LogP contribution in [0.2, 0.25) is 0 Å². The van der Waals surface area contributed by atoms with Crippen molar-refractivity contribution in [2.24, 2.45) is 0 Å². The molecule has 1 aromatic carbocycles. The highest BCUT2D eigenvalue weighted by molar-refractivity contribution is 6.00. The summed E-state index contributed by atoms with van der Waals surface area (Å²) in [6.07, 6.45) is 2.32. The quantitative estimate of drug-likeness (QED) is 0.935. The molecule has 2 aromatic rings. The monoisotopic (exact) mass is 298 g/mol. The zero-order valence-corrected chi connectivity index (χ0v) is 12.6. The fraction of sp³-hybridized carbons (Fsp3) is 0.312. The van der Waals surface area contributed by atoms with Crippen LogP contribution in [0.25, 0.3) is 0 Å². The fourth-order valence-electron chi connectivity index (χ4n) is 2.48. The molecule has 22 heavy (non-hydrogen) atoms. The third-order valence-electron chi connectivity index (χ3n) is 3.69. The molecule has 0 bridgehead atoms. The number of aryl methyl sites for hydroxylation is 1. The van der Waals surface area contributed by atoms with Crippen molar-refractivity contribution >= 4 is 17.5 Å². The van der Waals surface area contributed by atoms with E-state index in [1.165, 1.54) is 5.56 Å². The summed E-state index contributed by atoms with van der Waals surface area (Å²) >= 11 is 0.